The van der Waals surface area contributed by atoms with Gasteiger partial charge in [0.1, 0.15) is 11.2 Å². The van der Waals surface area contributed by atoms with E-state index >= 15 is 0 Å². The zero-order valence-corrected chi connectivity index (χ0v) is 28.1. The Morgan fingerprint density at radius 1 is 0.481 bits per heavy atom. The van der Waals surface area contributed by atoms with Gasteiger partial charge in [0.05, 0.1) is 41.6 Å². The van der Waals surface area contributed by atoms with Gasteiger partial charge in [-0.1, -0.05) is 133 Å². The van der Waals surface area contributed by atoms with Gasteiger partial charge in [0, 0.05) is 43.9 Å². The van der Waals surface area contributed by atoms with E-state index in [1.807, 2.05) is 84.9 Å². The Bertz CT molecular complexity index is 3940. The van der Waals surface area contributed by atoms with Gasteiger partial charge in [0.25, 0.3) is 0 Å². The van der Waals surface area contributed by atoms with Crippen LogP contribution in [-0.2, 0) is 0 Å². The molecule has 0 amide bonds. The summed E-state index contributed by atoms with van der Waals surface area (Å²) >= 11 is 0. The highest BCUT2D eigenvalue weighted by Gasteiger charge is 2.18. The van der Waals surface area contributed by atoms with Gasteiger partial charge in [-0.05, 0) is 76.4 Å². The van der Waals surface area contributed by atoms with E-state index < -0.39 is 90.3 Å². The second kappa shape index (κ2) is 12.1. The average Bonchev–Trinajstić information content (AvgIpc) is 3.91. The molecule has 0 spiro atoms. The van der Waals surface area contributed by atoms with Crippen LogP contribution >= 0.6 is 0 Å². The normalized spacial score (nSPS) is 15.3. The van der Waals surface area contributed by atoms with E-state index in [1.165, 1.54) is 0 Å². The number of nitrogens with zero attached hydrogens (tertiary/aromatic N) is 3. The van der Waals surface area contributed by atoms with Crippen molar-refractivity contribution >= 4 is 54.5 Å². The fraction of sp³-hybridized carbons (Fsp3) is 0. The lowest BCUT2D eigenvalue weighted by atomic mass is 9.99. The average molecular weight is 704 g/mol. The van der Waals surface area contributed by atoms with Crippen LogP contribution in [0.25, 0.3) is 105 Å². The van der Waals surface area contributed by atoms with Crippen molar-refractivity contribution in [3.63, 3.8) is 0 Å². The molecule has 252 valence electrons. The standard InChI is InChI=1S/C50H31N3O/c1-3-12-33(13-4-1)43-31-44(52-50(51-43)34-14-5-2-6-15-34)40-19-11-21-47-49(40)41-27-24-37(30-48(41)54-47)32-22-25-38(26-23-32)53-45-20-10-9-18-39(45)42-28-35-16-7-8-17-36(35)29-46(42)53/h1-31H/i7D,8D,9D,10D,16D,17D,18D,20D,22D,23D,25D,26D,28D,29D. The molecule has 4 nitrogen and oxygen atoms in total. The first-order chi connectivity index (χ1) is 32.6. The lowest BCUT2D eigenvalue weighted by Crippen LogP contribution is -1.96. The van der Waals surface area contributed by atoms with Crippen LogP contribution in [0.3, 0.4) is 0 Å². The number of benzene rings is 8. The highest BCUT2D eigenvalue weighted by Crippen LogP contribution is 2.40. The van der Waals surface area contributed by atoms with Crippen molar-refractivity contribution in [2.45, 2.75) is 0 Å². The van der Waals surface area contributed by atoms with Crippen molar-refractivity contribution in [1.82, 2.24) is 14.5 Å². The van der Waals surface area contributed by atoms with E-state index in [1.54, 1.807) is 18.2 Å². The maximum atomic E-state index is 9.46. The fourth-order valence-electron chi connectivity index (χ4n) is 7.02. The summed E-state index contributed by atoms with van der Waals surface area (Å²) in [6.45, 7) is 0. The quantitative estimate of drug-likeness (QED) is 0.179. The van der Waals surface area contributed by atoms with Crippen molar-refractivity contribution in [3.05, 3.63) is 188 Å². The Morgan fingerprint density at radius 3 is 2.02 bits per heavy atom. The van der Waals surface area contributed by atoms with Gasteiger partial charge >= 0.3 is 0 Å². The largest absolute Gasteiger partial charge is 0.456 e. The number of aromatic nitrogens is 3. The van der Waals surface area contributed by atoms with Crippen molar-refractivity contribution < 1.29 is 23.6 Å². The molecule has 54 heavy (non-hydrogen) atoms. The van der Waals surface area contributed by atoms with E-state index in [0.717, 1.165) is 32.3 Å². The minimum atomic E-state index is -0.708. The van der Waals surface area contributed by atoms with Crippen LogP contribution in [0.5, 0.6) is 0 Å². The van der Waals surface area contributed by atoms with Crippen molar-refractivity contribution in [2.24, 2.45) is 0 Å². The van der Waals surface area contributed by atoms with Gasteiger partial charge in [-0.15, -0.1) is 0 Å². The van der Waals surface area contributed by atoms with Crippen LogP contribution in [0.1, 0.15) is 19.2 Å². The Balaban J connectivity index is 1.13. The van der Waals surface area contributed by atoms with Gasteiger partial charge in [-0.3, -0.25) is 0 Å². The van der Waals surface area contributed by atoms with Crippen molar-refractivity contribution in [2.75, 3.05) is 0 Å². The smallest absolute Gasteiger partial charge is 0.160 e. The van der Waals surface area contributed by atoms with Gasteiger partial charge < -0.3 is 8.98 Å². The molecular formula is C50H31N3O. The minimum Gasteiger partial charge on any atom is -0.456 e. The molecule has 0 atom stereocenters. The molecule has 0 aliphatic heterocycles. The van der Waals surface area contributed by atoms with Crippen LogP contribution < -0.4 is 0 Å². The summed E-state index contributed by atoms with van der Waals surface area (Å²) in [5.74, 6) is 0.530. The van der Waals surface area contributed by atoms with E-state index in [0.29, 0.717) is 28.1 Å². The third-order valence-corrected chi connectivity index (χ3v) is 9.51. The lowest BCUT2D eigenvalue weighted by molar-refractivity contribution is 0.669. The first kappa shape index (κ1) is 19.5. The SMILES string of the molecule is [2H]c1c([2H])c(-n2c3c([2H])c([2H])c([2H])c([2H])c3c3c([2H])c4c([2H])c([2H])c([2H])c([2H])c4c([2H])c32)c([2H])c([2H])c1-c1ccc2c(c1)oc1cccc(-c3cc(-c4ccccc4)nc(-c4ccccc4)n3)c12. The third-order valence-electron chi connectivity index (χ3n) is 9.51. The molecular weight excluding hydrogens is 659 g/mol. The van der Waals surface area contributed by atoms with Gasteiger partial charge in [-0.25, -0.2) is 9.97 Å². The first-order valence-electron chi connectivity index (χ1n) is 24.1. The van der Waals surface area contributed by atoms with E-state index in [-0.39, 0.29) is 43.7 Å². The van der Waals surface area contributed by atoms with Crippen LogP contribution in [0.15, 0.2) is 192 Å². The van der Waals surface area contributed by atoms with E-state index in [9.17, 15) is 8.22 Å². The molecule has 4 heteroatoms. The van der Waals surface area contributed by atoms with Crippen LogP contribution in [0, 0.1) is 0 Å². The number of fused-ring (bicyclic) bond motifs is 7. The maximum absolute atomic E-state index is 9.46. The Labute approximate surface area is 330 Å². The fourth-order valence-corrected chi connectivity index (χ4v) is 7.02. The van der Waals surface area contributed by atoms with Crippen LogP contribution in [-0.4, -0.2) is 14.5 Å². The number of hydrogen-bond acceptors (Lipinski definition) is 3. The summed E-state index contributed by atoms with van der Waals surface area (Å²) in [5, 5.41) is 0.132. The number of rotatable bonds is 5. The molecule has 0 saturated carbocycles. The molecule has 0 aliphatic carbocycles. The summed E-state index contributed by atoms with van der Waals surface area (Å²) in [7, 11) is 0. The lowest BCUT2D eigenvalue weighted by Gasteiger charge is -2.10. The highest BCUT2D eigenvalue weighted by atomic mass is 16.3. The molecule has 11 rings (SSSR count). The van der Waals surface area contributed by atoms with Crippen LogP contribution in [0.2, 0.25) is 0 Å². The molecule has 0 N–H and O–H groups in total. The molecule has 11 aromatic rings. The molecule has 3 aromatic heterocycles. The first-order valence-corrected chi connectivity index (χ1v) is 17.1. The van der Waals surface area contributed by atoms with Crippen molar-refractivity contribution in [1.29, 1.82) is 0 Å². The highest BCUT2D eigenvalue weighted by molar-refractivity contribution is 6.14. The Hall–Kier alpha value is -7.30. The molecule has 0 fully saturated rings. The summed E-state index contributed by atoms with van der Waals surface area (Å²) in [6, 6.07) is 23.2. The molecule has 0 saturated heterocycles. The summed E-state index contributed by atoms with van der Waals surface area (Å²) in [4.78, 5) is 9.95. The number of furan rings is 1. The van der Waals surface area contributed by atoms with Gasteiger partial charge in [0.2, 0.25) is 0 Å². The zero-order valence-electron chi connectivity index (χ0n) is 42.1. The topological polar surface area (TPSA) is 43.9 Å². The monoisotopic (exact) mass is 703 g/mol. The second-order valence-corrected chi connectivity index (χ2v) is 12.7. The molecule has 0 bridgehead atoms. The van der Waals surface area contributed by atoms with Gasteiger partial charge in [-0.2, -0.15) is 0 Å². The number of para-hydroxylation sites is 1. The minimum absolute atomic E-state index is 0.114. The summed E-state index contributed by atoms with van der Waals surface area (Å²) in [6.07, 6.45) is 0. The van der Waals surface area contributed by atoms with Crippen LogP contribution in [0.4, 0.5) is 0 Å². The number of hydrogen-bond donors (Lipinski definition) is 0. The molecule has 3 heterocycles. The Kier molecular flexibility index (Phi) is 4.39. The van der Waals surface area contributed by atoms with E-state index in [2.05, 4.69) is 0 Å². The predicted octanol–water partition coefficient (Wildman–Crippen LogP) is 13.3. The third kappa shape index (κ3) is 4.92. The maximum Gasteiger partial charge on any atom is 0.160 e. The van der Waals surface area contributed by atoms with Crippen molar-refractivity contribution in [3.8, 4) is 50.7 Å². The molecule has 0 radical (unpaired) electrons. The summed E-state index contributed by atoms with van der Waals surface area (Å²) < 4.78 is 133. The summed E-state index contributed by atoms with van der Waals surface area (Å²) in [5.41, 5.74) is 3.71. The zero-order chi connectivity index (χ0) is 47.8. The molecule has 8 aromatic carbocycles. The van der Waals surface area contributed by atoms with Gasteiger partial charge in [0.15, 0.2) is 5.82 Å². The Morgan fingerprint density at radius 2 is 1.20 bits per heavy atom. The molecule has 0 aliphatic rings. The predicted molar refractivity (Wildman–Crippen MR) is 223 cm³/mol. The van der Waals surface area contributed by atoms with E-state index in [4.69, 9.17) is 25.4 Å². The molecule has 0 unspecified atom stereocenters. The second-order valence-electron chi connectivity index (χ2n) is 12.7.